The molecule has 4 nitrogen and oxygen atoms in total. The molecular weight excluding hydrogens is 220 g/mol. The molecule has 1 saturated heterocycles. The van der Waals surface area contributed by atoms with Gasteiger partial charge in [0.05, 0.1) is 26.4 Å². The molecule has 0 radical (unpaired) electrons. The van der Waals surface area contributed by atoms with Crippen LogP contribution in [0.2, 0.25) is 0 Å². The summed E-state index contributed by atoms with van der Waals surface area (Å²) in [5, 5.41) is 10.3. The summed E-state index contributed by atoms with van der Waals surface area (Å²) in [6.07, 6.45) is -0.0550. The van der Waals surface area contributed by atoms with E-state index in [2.05, 4.69) is 0 Å². The lowest BCUT2D eigenvalue weighted by Gasteiger charge is -2.28. The molecule has 2 heterocycles. The fraction of sp³-hybridized carbons (Fsp3) is 0.538. The monoisotopic (exact) mass is 236 g/mol. The Kier molecular flexibility index (Phi) is 3.01. The average molecular weight is 236 g/mol. The average Bonchev–Trinajstić information content (AvgIpc) is 2.87. The van der Waals surface area contributed by atoms with E-state index in [4.69, 9.17) is 14.2 Å². The zero-order valence-electron chi connectivity index (χ0n) is 9.59. The molecule has 1 aromatic rings. The van der Waals surface area contributed by atoms with Gasteiger partial charge in [-0.15, -0.1) is 0 Å². The van der Waals surface area contributed by atoms with E-state index in [1.165, 1.54) is 5.56 Å². The van der Waals surface area contributed by atoms with Crippen LogP contribution >= 0.6 is 0 Å². The van der Waals surface area contributed by atoms with Crippen LogP contribution in [0.3, 0.4) is 0 Å². The lowest BCUT2D eigenvalue weighted by molar-refractivity contribution is -0.133. The van der Waals surface area contributed by atoms with Gasteiger partial charge in [0.2, 0.25) is 0 Å². The van der Waals surface area contributed by atoms with Crippen LogP contribution in [0.25, 0.3) is 0 Å². The lowest BCUT2D eigenvalue weighted by Crippen LogP contribution is -2.33. The molecule has 2 aliphatic rings. The Morgan fingerprint density at radius 3 is 3.00 bits per heavy atom. The van der Waals surface area contributed by atoms with Crippen molar-refractivity contribution in [2.45, 2.75) is 18.6 Å². The standard InChI is InChI=1S/C13H16O4/c14-12(11-8-15-6-7-16-11)10-3-1-2-9-4-5-17-13(9)10/h1-3,11-12,14H,4-8H2. The smallest absolute Gasteiger partial charge is 0.128 e. The van der Waals surface area contributed by atoms with E-state index < -0.39 is 6.10 Å². The number of fused-ring (bicyclic) bond motifs is 1. The van der Waals surface area contributed by atoms with Gasteiger partial charge in [0.15, 0.2) is 0 Å². The summed E-state index contributed by atoms with van der Waals surface area (Å²) >= 11 is 0. The number of para-hydroxylation sites is 1. The number of benzene rings is 1. The normalized spacial score (nSPS) is 25.1. The molecule has 3 rings (SSSR count). The van der Waals surface area contributed by atoms with Gasteiger partial charge in [-0.05, 0) is 5.56 Å². The zero-order chi connectivity index (χ0) is 11.7. The second kappa shape index (κ2) is 4.64. The van der Waals surface area contributed by atoms with E-state index in [1.807, 2.05) is 18.2 Å². The Hall–Kier alpha value is -1.10. The van der Waals surface area contributed by atoms with Crippen molar-refractivity contribution < 1.29 is 19.3 Å². The van der Waals surface area contributed by atoms with Crippen molar-refractivity contribution >= 4 is 0 Å². The molecule has 0 spiro atoms. The van der Waals surface area contributed by atoms with Gasteiger partial charge in [-0.3, -0.25) is 0 Å². The highest BCUT2D eigenvalue weighted by atomic mass is 16.6. The van der Waals surface area contributed by atoms with Crippen molar-refractivity contribution in [2.75, 3.05) is 26.4 Å². The molecule has 2 unspecified atom stereocenters. The quantitative estimate of drug-likeness (QED) is 0.834. The van der Waals surface area contributed by atoms with E-state index >= 15 is 0 Å². The van der Waals surface area contributed by atoms with Gasteiger partial charge in [-0.2, -0.15) is 0 Å². The lowest BCUT2D eigenvalue weighted by atomic mass is 10.00. The summed E-state index contributed by atoms with van der Waals surface area (Å²) < 4.78 is 16.4. The molecule has 0 aliphatic carbocycles. The summed E-state index contributed by atoms with van der Waals surface area (Å²) in [4.78, 5) is 0. The van der Waals surface area contributed by atoms with Crippen LogP contribution in [0.5, 0.6) is 5.75 Å². The Balaban J connectivity index is 1.85. The molecule has 4 heteroatoms. The number of hydrogen-bond acceptors (Lipinski definition) is 4. The topological polar surface area (TPSA) is 47.9 Å². The molecule has 1 N–H and O–H groups in total. The second-order valence-corrected chi connectivity index (χ2v) is 4.36. The molecule has 0 aromatic heterocycles. The molecular formula is C13H16O4. The van der Waals surface area contributed by atoms with Crippen LogP contribution < -0.4 is 4.74 Å². The van der Waals surface area contributed by atoms with Crippen LogP contribution in [0, 0.1) is 0 Å². The Bertz CT molecular complexity index is 398. The molecule has 92 valence electrons. The zero-order valence-corrected chi connectivity index (χ0v) is 9.59. The Labute approximate surface area is 100 Å². The van der Waals surface area contributed by atoms with Crippen molar-refractivity contribution in [2.24, 2.45) is 0 Å². The maximum Gasteiger partial charge on any atom is 0.128 e. The molecule has 1 fully saturated rings. The molecule has 0 bridgehead atoms. The van der Waals surface area contributed by atoms with Gasteiger partial charge in [0.25, 0.3) is 0 Å². The fourth-order valence-corrected chi connectivity index (χ4v) is 2.36. The third-order valence-corrected chi connectivity index (χ3v) is 3.26. The van der Waals surface area contributed by atoms with Gasteiger partial charge in [-0.1, -0.05) is 18.2 Å². The van der Waals surface area contributed by atoms with Gasteiger partial charge >= 0.3 is 0 Å². The first-order chi connectivity index (χ1) is 8.36. The summed E-state index contributed by atoms with van der Waals surface area (Å²) in [6.45, 7) is 2.27. The van der Waals surface area contributed by atoms with Crippen molar-refractivity contribution in [1.82, 2.24) is 0 Å². The minimum atomic E-state index is -0.677. The summed E-state index contributed by atoms with van der Waals surface area (Å²) in [5.41, 5.74) is 1.98. The third-order valence-electron chi connectivity index (χ3n) is 3.26. The van der Waals surface area contributed by atoms with Gasteiger partial charge in [-0.25, -0.2) is 0 Å². The summed E-state index contributed by atoms with van der Waals surface area (Å²) in [7, 11) is 0. The predicted molar refractivity (Wildman–Crippen MR) is 61.2 cm³/mol. The van der Waals surface area contributed by atoms with E-state index in [1.54, 1.807) is 0 Å². The number of aliphatic hydroxyl groups excluding tert-OH is 1. The largest absolute Gasteiger partial charge is 0.493 e. The van der Waals surface area contributed by atoms with Crippen molar-refractivity contribution in [3.05, 3.63) is 29.3 Å². The third kappa shape index (κ3) is 2.04. The van der Waals surface area contributed by atoms with Gasteiger partial charge < -0.3 is 19.3 Å². The Morgan fingerprint density at radius 1 is 1.24 bits per heavy atom. The van der Waals surface area contributed by atoms with Crippen LogP contribution in [0.4, 0.5) is 0 Å². The molecule has 1 aromatic carbocycles. The molecule has 2 atom stereocenters. The van der Waals surface area contributed by atoms with E-state index in [0.717, 1.165) is 17.7 Å². The van der Waals surface area contributed by atoms with Crippen LogP contribution in [-0.4, -0.2) is 37.6 Å². The maximum absolute atomic E-state index is 10.3. The molecule has 17 heavy (non-hydrogen) atoms. The first kappa shape index (κ1) is 11.0. The first-order valence-electron chi connectivity index (χ1n) is 5.98. The highest BCUT2D eigenvalue weighted by molar-refractivity contribution is 5.45. The van der Waals surface area contributed by atoms with E-state index in [9.17, 15) is 5.11 Å². The van der Waals surface area contributed by atoms with Crippen LogP contribution in [0.1, 0.15) is 17.2 Å². The summed E-state index contributed by atoms with van der Waals surface area (Å²) in [5.74, 6) is 0.828. The first-order valence-corrected chi connectivity index (χ1v) is 5.98. The highest BCUT2D eigenvalue weighted by Gasteiger charge is 2.29. The van der Waals surface area contributed by atoms with Crippen molar-refractivity contribution in [1.29, 1.82) is 0 Å². The van der Waals surface area contributed by atoms with E-state index in [-0.39, 0.29) is 6.10 Å². The van der Waals surface area contributed by atoms with Crippen LogP contribution in [0.15, 0.2) is 18.2 Å². The number of aliphatic hydroxyl groups is 1. The molecule has 0 saturated carbocycles. The van der Waals surface area contributed by atoms with Gasteiger partial charge in [0, 0.05) is 12.0 Å². The summed E-state index contributed by atoms with van der Waals surface area (Å²) in [6, 6.07) is 5.89. The van der Waals surface area contributed by atoms with Crippen LogP contribution in [-0.2, 0) is 15.9 Å². The maximum atomic E-state index is 10.3. The fourth-order valence-electron chi connectivity index (χ4n) is 2.36. The predicted octanol–water partition coefficient (Wildman–Crippen LogP) is 1.07. The molecule has 0 amide bonds. The number of rotatable bonds is 2. The van der Waals surface area contributed by atoms with Crippen molar-refractivity contribution in [3.63, 3.8) is 0 Å². The Morgan fingerprint density at radius 2 is 2.18 bits per heavy atom. The van der Waals surface area contributed by atoms with E-state index in [0.29, 0.717) is 26.4 Å². The number of ether oxygens (including phenoxy) is 3. The molecule has 2 aliphatic heterocycles. The SMILES string of the molecule is OC(c1cccc2c1OCC2)C1COCCO1. The minimum absolute atomic E-state index is 0.292. The minimum Gasteiger partial charge on any atom is -0.493 e. The number of hydrogen-bond donors (Lipinski definition) is 1. The second-order valence-electron chi connectivity index (χ2n) is 4.36. The highest BCUT2D eigenvalue weighted by Crippen LogP contribution is 2.35. The van der Waals surface area contributed by atoms with Gasteiger partial charge in [0.1, 0.15) is 18.0 Å². The van der Waals surface area contributed by atoms with Crippen molar-refractivity contribution in [3.8, 4) is 5.75 Å².